The lowest BCUT2D eigenvalue weighted by atomic mass is 10.00. The van der Waals surface area contributed by atoms with Crippen LogP contribution in [-0.2, 0) is 0 Å². The van der Waals surface area contributed by atoms with Gasteiger partial charge in [-0.05, 0) is 220 Å². The first kappa shape index (κ1) is 83.2. The van der Waals surface area contributed by atoms with E-state index in [4.69, 9.17) is 29.9 Å². The van der Waals surface area contributed by atoms with Crippen LogP contribution in [0.2, 0.25) is 0 Å². The topological polar surface area (TPSA) is 92.1 Å². The number of hydrogen-bond acceptors (Lipinski definition) is 6. The van der Waals surface area contributed by atoms with Crippen LogP contribution in [0.15, 0.2) is 516 Å². The summed E-state index contributed by atoms with van der Waals surface area (Å²) in [6, 6.07) is 183. The van der Waals surface area contributed by atoms with Crippen LogP contribution < -0.4 is 0 Å². The van der Waals surface area contributed by atoms with Crippen molar-refractivity contribution in [3.8, 4) is 119 Å². The molecule has 666 valence electrons. The van der Waals surface area contributed by atoms with Gasteiger partial charge in [0.05, 0.1) is 67.3 Å². The average Bonchev–Trinajstić information content (AvgIpc) is 1.59. The quantitative estimate of drug-likeness (QED) is 0.121. The Morgan fingerprint density at radius 2 is 0.357 bits per heavy atom. The lowest BCUT2D eigenvalue weighted by Crippen LogP contribution is -1.97. The van der Waals surface area contributed by atoms with Crippen LogP contribution in [0.5, 0.6) is 0 Å². The van der Waals surface area contributed by atoms with Crippen LogP contribution in [0.25, 0.3) is 270 Å². The third kappa shape index (κ3) is 15.3. The van der Waals surface area contributed by atoms with Crippen molar-refractivity contribution >= 4 is 152 Å². The first-order valence-electron chi connectivity index (χ1n) is 48.6. The highest BCUT2D eigenvalue weighted by molar-refractivity contribution is 6.17. The Morgan fingerprint density at radius 1 is 0.119 bits per heavy atom. The van der Waals surface area contributed by atoms with Crippen LogP contribution in [-0.4, -0.2) is 43.6 Å². The summed E-state index contributed by atoms with van der Waals surface area (Å²) in [7, 11) is 0. The van der Waals surface area contributed by atoms with Crippen LogP contribution >= 0.6 is 0 Å². The minimum absolute atomic E-state index is 0.713. The fourth-order valence-electron chi connectivity index (χ4n) is 21.2. The average molecular weight is 1820 g/mol. The van der Waals surface area contributed by atoms with Gasteiger partial charge in [-0.25, -0.2) is 29.9 Å². The second-order valence-corrected chi connectivity index (χ2v) is 36.9. The van der Waals surface area contributed by atoms with E-state index in [2.05, 4.69) is 481 Å². The van der Waals surface area contributed by atoms with Gasteiger partial charge in [-0.1, -0.05) is 382 Å². The Balaban J connectivity index is 0.000000107. The van der Waals surface area contributed by atoms with E-state index >= 15 is 0 Å². The number of rotatable bonds is 12. The molecule has 0 unspecified atom stereocenters. The Morgan fingerprint density at radius 3 is 0.720 bits per heavy atom. The molecule has 0 aliphatic carbocycles. The second-order valence-electron chi connectivity index (χ2n) is 36.9. The van der Waals surface area contributed by atoms with Crippen molar-refractivity contribution in [2.75, 3.05) is 0 Å². The highest BCUT2D eigenvalue weighted by Crippen LogP contribution is 2.44. The predicted molar refractivity (Wildman–Crippen MR) is 598 cm³/mol. The molecule has 0 saturated carbocycles. The highest BCUT2D eigenvalue weighted by Gasteiger charge is 2.23. The lowest BCUT2D eigenvalue weighted by molar-refractivity contribution is 1.18. The van der Waals surface area contributed by atoms with Crippen LogP contribution in [0.4, 0.5) is 0 Å². The van der Waals surface area contributed by atoms with Crippen LogP contribution in [0, 0.1) is 0 Å². The molecule has 6 heterocycles. The summed E-state index contributed by atoms with van der Waals surface area (Å²) in [5, 5.41) is 26.8. The Kier molecular flexibility index (Phi) is 20.4. The van der Waals surface area contributed by atoms with E-state index in [1.165, 1.54) is 135 Å². The molecule has 9 heteroatoms. The number of aromatic nitrogens is 9. The summed E-state index contributed by atoms with van der Waals surface area (Å²) >= 11 is 0. The van der Waals surface area contributed by atoms with Crippen molar-refractivity contribution in [1.82, 2.24) is 43.6 Å². The molecule has 0 radical (unpaired) electrons. The Hall–Kier alpha value is -19.2. The summed E-state index contributed by atoms with van der Waals surface area (Å²) in [5.41, 5.74) is 25.6. The summed E-state index contributed by atoms with van der Waals surface area (Å²) in [4.78, 5) is 30.7. The summed E-state index contributed by atoms with van der Waals surface area (Å²) < 4.78 is 7.18. The van der Waals surface area contributed by atoms with Gasteiger partial charge in [0.1, 0.15) is 0 Å². The van der Waals surface area contributed by atoms with Gasteiger partial charge in [-0.2, -0.15) is 0 Å². The number of benzene rings is 23. The van der Waals surface area contributed by atoms with Crippen molar-refractivity contribution < 1.29 is 0 Å². The van der Waals surface area contributed by atoms with Crippen molar-refractivity contribution in [2.45, 2.75) is 0 Å². The van der Waals surface area contributed by atoms with E-state index in [0.717, 1.165) is 123 Å². The zero-order chi connectivity index (χ0) is 94.4. The zero-order valence-corrected chi connectivity index (χ0v) is 77.6. The molecule has 23 aromatic carbocycles. The van der Waals surface area contributed by atoms with E-state index in [9.17, 15) is 0 Å². The maximum Gasteiger partial charge on any atom is 0.160 e. The minimum Gasteiger partial charge on any atom is -0.309 e. The minimum atomic E-state index is 0.713. The standard InChI is InChI=1S/2C46H29N3.C42H27N3/c1-2-12-31(13-3-1)42-29-43(39-19-10-16-30-11-6-7-17-38(30)39)48-46(47-42)36-22-21-35-26-37(24-23-34(35)25-36)49-44-20-9-8-18-40(44)41-27-32-14-4-5-15-33(32)28-45(41)49;1-2-11-31(12-3-1)42-29-43(37-20-18-30-10-4-5-13-32(30)24-37)48-46(47-42)38-21-19-36-26-39(23-22-35(36)25-38)49-44-17-9-8-16-40(44)41-27-33-14-6-7-15-34(33)28-45(41)49;1-3-11-28(12-4-1)38-27-39(29-13-5-2-6-14-29)44-42(43-38)34-20-19-33-24-35(22-21-32(33)23-34)45-40-18-10-9-17-36(40)37-25-30-15-7-8-16-31(30)26-41(37)45/h2*1-29H;1-27H. The van der Waals surface area contributed by atoms with Gasteiger partial charge in [-0.3, -0.25) is 0 Å². The fourth-order valence-corrected chi connectivity index (χ4v) is 21.2. The van der Waals surface area contributed by atoms with Crippen molar-refractivity contribution in [1.29, 1.82) is 0 Å². The zero-order valence-electron chi connectivity index (χ0n) is 77.6. The molecule has 0 bridgehead atoms. The third-order valence-corrected chi connectivity index (χ3v) is 28.2. The molecule has 0 spiro atoms. The maximum absolute atomic E-state index is 5.19. The van der Waals surface area contributed by atoms with Crippen molar-refractivity contribution in [3.63, 3.8) is 0 Å². The normalized spacial score (nSPS) is 11.6. The predicted octanol–water partition coefficient (Wildman–Crippen LogP) is 34.9. The molecule has 0 fully saturated rings. The van der Waals surface area contributed by atoms with Crippen molar-refractivity contribution in [3.05, 3.63) is 516 Å². The van der Waals surface area contributed by atoms with Crippen molar-refractivity contribution in [2.24, 2.45) is 0 Å². The molecule has 29 aromatic rings. The molecular weight excluding hydrogens is 1740 g/mol. The number of hydrogen-bond donors (Lipinski definition) is 0. The van der Waals surface area contributed by atoms with E-state index in [0.29, 0.717) is 11.6 Å². The van der Waals surface area contributed by atoms with Gasteiger partial charge in [0.2, 0.25) is 0 Å². The Labute approximate surface area is 823 Å². The molecule has 0 aliphatic heterocycles. The molecule has 0 atom stereocenters. The fraction of sp³-hybridized carbons (Fsp3) is 0. The first-order valence-corrected chi connectivity index (χ1v) is 48.6. The van der Waals surface area contributed by atoms with Gasteiger partial charge in [0, 0.05) is 99.5 Å². The first-order chi connectivity index (χ1) is 70.8. The van der Waals surface area contributed by atoms with Crippen LogP contribution in [0.1, 0.15) is 0 Å². The molecular formula is C134H85N9. The molecule has 0 saturated heterocycles. The lowest BCUT2D eigenvalue weighted by Gasteiger charge is -2.12. The van der Waals surface area contributed by atoms with Crippen LogP contribution in [0.3, 0.4) is 0 Å². The third-order valence-electron chi connectivity index (χ3n) is 28.2. The van der Waals surface area contributed by atoms with Gasteiger partial charge in [-0.15, -0.1) is 0 Å². The maximum atomic E-state index is 5.19. The Bertz CT molecular complexity index is 10100. The monoisotopic (exact) mass is 1820 g/mol. The summed E-state index contributed by atoms with van der Waals surface area (Å²) in [5.74, 6) is 2.14. The van der Waals surface area contributed by atoms with Gasteiger partial charge in [0.25, 0.3) is 0 Å². The van der Waals surface area contributed by atoms with E-state index in [1.54, 1.807) is 0 Å². The smallest absolute Gasteiger partial charge is 0.160 e. The molecule has 6 aromatic heterocycles. The second kappa shape index (κ2) is 35.1. The SMILES string of the molecule is c1ccc(-c2cc(-c3ccc4ccccc4c3)nc(-c3ccc4cc(-n5c6ccccc6c6cc7ccccc7cc65)ccc4c3)n2)cc1.c1ccc(-c2cc(-c3cccc4ccccc34)nc(-c3ccc4cc(-n5c6ccccc6c6cc7ccccc7cc65)ccc4c3)n2)cc1.c1ccc(-c2cc(-c3ccccc3)nc(-c3ccc4cc(-n5c6ccccc6c6cc7ccccc7cc65)ccc4c3)n2)cc1. The highest BCUT2D eigenvalue weighted by atomic mass is 15.0. The van der Waals surface area contributed by atoms with E-state index in [1.807, 2.05) is 48.5 Å². The summed E-state index contributed by atoms with van der Waals surface area (Å²) in [6.45, 7) is 0. The largest absolute Gasteiger partial charge is 0.309 e. The van der Waals surface area contributed by atoms with E-state index < -0.39 is 0 Å². The molecule has 143 heavy (non-hydrogen) atoms. The van der Waals surface area contributed by atoms with Gasteiger partial charge >= 0.3 is 0 Å². The van der Waals surface area contributed by atoms with Gasteiger partial charge < -0.3 is 13.7 Å². The number of nitrogens with zero attached hydrogens (tertiary/aromatic N) is 9. The van der Waals surface area contributed by atoms with E-state index in [-0.39, 0.29) is 0 Å². The number of fused-ring (bicyclic) bond motifs is 17. The molecule has 0 N–H and O–H groups in total. The number of para-hydroxylation sites is 3. The van der Waals surface area contributed by atoms with Gasteiger partial charge in [0.15, 0.2) is 17.5 Å². The molecule has 0 aliphatic rings. The molecule has 29 rings (SSSR count). The molecule has 9 nitrogen and oxygen atoms in total. The molecule has 0 amide bonds. The summed E-state index contributed by atoms with van der Waals surface area (Å²) in [6.07, 6.45) is 0.